The van der Waals surface area contributed by atoms with Gasteiger partial charge in [0.25, 0.3) is 0 Å². The van der Waals surface area contributed by atoms with Gasteiger partial charge in [-0.3, -0.25) is 0 Å². The maximum absolute atomic E-state index is 10.8. The van der Waals surface area contributed by atoms with E-state index in [1.807, 2.05) is 6.92 Å². The van der Waals surface area contributed by atoms with Crippen molar-refractivity contribution in [2.45, 2.75) is 13.3 Å². The molecule has 0 aliphatic rings. The number of carboxylic acids is 1. The van der Waals surface area contributed by atoms with E-state index in [4.69, 9.17) is 5.11 Å². The number of carbonyl (C=O) groups is 1. The maximum atomic E-state index is 10.8. The summed E-state index contributed by atoms with van der Waals surface area (Å²) < 4.78 is 0.882. The standard InChI is InChI=1S/C9H8N2O2S/c1-2-6-8-7(11-4-10-6)5(3-14-8)9(12)13/h3-4H,2H2,1H3,(H,12,13). The van der Waals surface area contributed by atoms with Crippen molar-refractivity contribution in [2.24, 2.45) is 0 Å². The molecule has 0 aliphatic carbocycles. The van der Waals surface area contributed by atoms with Crippen LogP contribution >= 0.6 is 11.3 Å². The zero-order valence-corrected chi connectivity index (χ0v) is 8.34. The van der Waals surface area contributed by atoms with E-state index in [-0.39, 0.29) is 5.56 Å². The summed E-state index contributed by atoms with van der Waals surface area (Å²) >= 11 is 1.39. The summed E-state index contributed by atoms with van der Waals surface area (Å²) in [5, 5.41) is 10.5. The molecule has 0 aliphatic heterocycles. The molecule has 0 bridgehead atoms. The highest BCUT2D eigenvalue weighted by Gasteiger charge is 2.13. The minimum Gasteiger partial charge on any atom is -0.478 e. The second-order valence-corrected chi connectivity index (χ2v) is 3.69. The Hall–Kier alpha value is -1.49. The molecular weight excluding hydrogens is 200 g/mol. The normalized spacial score (nSPS) is 10.6. The summed E-state index contributed by atoms with van der Waals surface area (Å²) in [6.45, 7) is 1.99. The van der Waals surface area contributed by atoms with Crippen LogP contribution in [0.2, 0.25) is 0 Å². The Morgan fingerprint density at radius 2 is 2.36 bits per heavy atom. The fourth-order valence-corrected chi connectivity index (χ4v) is 2.36. The van der Waals surface area contributed by atoms with Crippen LogP contribution < -0.4 is 0 Å². The zero-order chi connectivity index (χ0) is 10.1. The molecule has 0 saturated carbocycles. The van der Waals surface area contributed by atoms with Gasteiger partial charge in [0.1, 0.15) is 6.33 Å². The van der Waals surface area contributed by atoms with Crippen LogP contribution in [-0.4, -0.2) is 21.0 Å². The smallest absolute Gasteiger partial charge is 0.338 e. The number of aromatic carboxylic acids is 1. The Morgan fingerprint density at radius 3 is 3.00 bits per heavy atom. The SMILES string of the molecule is CCc1ncnc2c(C(=O)O)csc12. The van der Waals surface area contributed by atoms with Crippen LogP contribution in [0.5, 0.6) is 0 Å². The first-order valence-corrected chi connectivity index (χ1v) is 5.06. The maximum Gasteiger partial charge on any atom is 0.338 e. The highest BCUT2D eigenvalue weighted by Crippen LogP contribution is 2.26. The van der Waals surface area contributed by atoms with Gasteiger partial charge in [-0.05, 0) is 6.42 Å². The third kappa shape index (κ3) is 1.26. The van der Waals surface area contributed by atoms with Crippen LogP contribution in [0.4, 0.5) is 0 Å². The highest BCUT2D eigenvalue weighted by molar-refractivity contribution is 7.17. The number of fused-ring (bicyclic) bond motifs is 1. The Labute approximate surface area is 84.2 Å². The van der Waals surface area contributed by atoms with Gasteiger partial charge >= 0.3 is 5.97 Å². The number of hydrogen-bond acceptors (Lipinski definition) is 4. The van der Waals surface area contributed by atoms with Gasteiger partial charge in [-0.2, -0.15) is 0 Å². The van der Waals surface area contributed by atoms with Crippen molar-refractivity contribution in [3.8, 4) is 0 Å². The minimum atomic E-state index is -0.933. The topological polar surface area (TPSA) is 63.1 Å². The molecule has 14 heavy (non-hydrogen) atoms. The van der Waals surface area contributed by atoms with E-state index in [0.717, 1.165) is 16.8 Å². The van der Waals surface area contributed by atoms with Crippen molar-refractivity contribution >= 4 is 27.5 Å². The third-order valence-corrected chi connectivity index (χ3v) is 3.01. The second-order valence-electron chi connectivity index (χ2n) is 2.81. The van der Waals surface area contributed by atoms with Gasteiger partial charge in [-0.1, -0.05) is 6.92 Å². The first kappa shape index (κ1) is 9.08. The number of aryl methyl sites for hydroxylation is 1. The van der Waals surface area contributed by atoms with Gasteiger partial charge in [-0.25, -0.2) is 14.8 Å². The largest absolute Gasteiger partial charge is 0.478 e. The minimum absolute atomic E-state index is 0.266. The lowest BCUT2D eigenvalue weighted by Crippen LogP contribution is -1.96. The molecule has 0 unspecified atom stereocenters. The summed E-state index contributed by atoms with van der Waals surface area (Å²) in [4.78, 5) is 18.9. The molecular formula is C9H8N2O2S. The van der Waals surface area contributed by atoms with E-state index < -0.39 is 5.97 Å². The van der Waals surface area contributed by atoms with E-state index in [1.54, 1.807) is 5.38 Å². The first-order valence-electron chi connectivity index (χ1n) is 4.18. The van der Waals surface area contributed by atoms with Gasteiger partial charge < -0.3 is 5.11 Å². The van der Waals surface area contributed by atoms with E-state index >= 15 is 0 Å². The van der Waals surface area contributed by atoms with Crippen molar-refractivity contribution < 1.29 is 9.90 Å². The molecule has 2 rings (SSSR count). The number of aromatic nitrogens is 2. The molecule has 5 heteroatoms. The molecule has 0 amide bonds. The lowest BCUT2D eigenvalue weighted by molar-refractivity contribution is 0.0699. The molecule has 0 radical (unpaired) electrons. The van der Waals surface area contributed by atoms with E-state index in [9.17, 15) is 4.79 Å². The summed E-state index contributed by atoms with van der Waals surface area (Å²) in [5.41, 5.74) is 1.73. The van der Waals surface area contributed by atoms with Crippen LogP contribution in [0.15, 0.2) is 11.7 Å². The van der Waals surface area contributed by atoms with Crippen molar-refractivity contribution in [2.75, 3.05) is 0 Å². The number of carboxylic acid groups (broad SMARTS) is 1. The molecule has 2 aromatic rings. The molecule has 4 nitrogen and oxygen atoms in total. The van der Waals surface area contributed by atoms with Gasteiger partial charge in [0, 0.05) is 5.38 Å². The van der Waals surface area contributed by atoms with Crippen LogP contribution in [-0.2, 0) is 6.42 Å². The zero-order valence-electron chi connectivity index (χ0n) is 7.52. The lowest BCUT2D eigenvalue weighted by atomic mass is 10.2. The van der Waals surface area contributed by atoms with Crippen LogP contribution in [0.3, 0.4) is 0 Å². The molecule has 0 saturated heterocycles. The number of hydrogen-bond donors (Lipinski definition) is 1. The van der Waals surface area contributed by atoms with Gasteiger partial charge in [-0.15, -0.1) is 11.3 Å². The molecule has 1 N–H and O–H groups in total. The molecule has 0 spiro atoms. The van der Waals surface area contributed by atoms with Crippen molar-refractivity contribution in [1.29, 1.82) is 0 Å². The lowest BCUT2D eigenvalue weighted by Gasteiger charge is -1.96. The molecule has 2 heterocycles. The van der Waals surface area contributed by atoms with E-state index in [2.05, 4.69) is 9.97 Å². The monoisotopic (exact) mass is 208 g/mol. The molecule has 2 aromatic heterocycles. The summed E-state index contributed by atoms with van der Waals surface area (Å²) in [5.74, 6) is -0.933. The number of rotatable bonds is 2. The fraction of sp³-hybridized carbons (Fsp3) is 0.222. The van der Waals surface area contributed by atoms with Crippen molar-refractivity contribution in [3.63, 3.8) is 0 Å². The van der Waals surface area contributed by atoms with E-state index in [0.29, 0.717) is 5.52 Å². The Morgan fingerprint density at radius 1 is 1.57 bits per heavy atom. The second kappa shape index (κ2) is 3.34. The van der Waals surface area contributed by atoms with Crippen LogP contribution in [0.25, 0.3) is 10.2 Å². The molecule has 0 aromatic carbocycles. The van der Waals surface area contributed by atoms with E-state index in [1.165, 1.54) is 17.7 Å². The van der Waals surface area contributed by atoms with Crippen LogP contribution in [0, 0.1) is 0 Å². The quantitative estimate of drug-likeness (QED) is 0.819. The first-order chi connectivity index (χ1) is 6.74. The van der Waals surface area contributed by atoms with Gasteiger partial charge in [0.2, 0.25) is 0 Å². The summed E-state index contributed by atoms with van der Waals surface area (Å²) in [6.07, 6.45) is 2.21. The average Bonchev–Trinajstić information content (AvgIpc) is 2.60. The van der Waals surface area contributed by atoms with Gasteiger partial charge in [0.05, 0.1) is 21.5 Å². The Balaban J connectivity index is 2.75. The summed E-state index contributed by atoms with van der Waals surface area (Å²) in [7, 11) is 0. The predicted molar refractivity (Wildman–Crippen MR) is 53.8 cm³/mol. The van der Waals surface area contributed by atoms with Gasteiger partial charge in [0.15, 0.2) is 0 Å². The number of thiophene rings is 1. The van der Waals surface area contributed by atoms with Crippen molar-refractivity contribution in [1.82, 2.24) is 9.97 Å². The molecule has 0 atom stereocenters. The van der Waals surface area contributed by atoms with Crippen LogP contribution in [0.1, 0.15) is 23.0 Å². The average molecular weight is 208 g/mol. The Bertz CT molecular complexity index is 493. The van der Waals surface area contributed by atoms with Crippen molar-refractivity contribution in [3.05, 3.63) is 23.0 Å². The fourth-order valence-electron chi connectivity index (χ4n) is 1.30. The Kier molecular flexibility index (Phi) is 2.17. The third-order valence-electron chi connectivity index (χ3n) is 1.99. The number of nitrogens with zero attached hydrogens (tertiary/aromatic N) is 2. The molecule has 0 fully saturated rings. The predicted octanol–water partition coefficient (Wildman–Crippen LogP) is 1.95. The highest BCUT2D eigenvalue weighted by atomic mass is 32.1. The summed E-state index contributed by atoms with van der Waals surface area (Å²) in [6, 6.07) is 0. The molecule has 72 valence electrons.